The average Bonchev–Trinajstić information content (AvgIpc) is 2.88. The zero-order chi connectivity index (χ0) is 18.8. The van der Waals surface area contributed by atoms with E-state index in [1.807, 2.05) is 0 Å². The highest BCUT2D eigenvalue weighted by Gasteiger charge is 2.34. The van der Waals surface area contributed by atoms with Crippen LogP contribution in [-0.2, 0) is 27.2 Å². The average molecular weight is 364 g/mol. The number of hydrogen-bond acceptors (Lipinski definition) is 6. The van der Waals surface area contributed by atoms with Crippen LogP contribution in [0.1, 0.15) is 48.0 Å². The predicted octanol–water partition coefficient (Wildman–Crippen LogP) is 1.93. The van der Waals surface area contributed by atoms with Crippen molar-refractivity contribution in [1.29, 1.82) is 0 Å². The molecule has 1 aliphatic rings. The van der Waals surface area contributed by atoms with Gasteiger partial charge in [-0.3, -0.25) is 4.79 Å². The summed E-state index contributed by atoms with van der Waals surface area (Å²) in [6.07, 6.45) is 4.08. The maximum absolute atomic E-state index is 12.2. The van der Waals surface area contributed by atoms with E-state index in [-0.39, 0.29) is 5.41 Å². The lowest BCUT2D eigenvalue weighted by Crippen LogP contribution is -2.26. The number of amides is 1. The second kappa shape index (κ2) is 7.39. The molecule has 1 aliphatic carbocycles. The van der Waals surface area contributed by atoms with Gasteiger partial charge < -0.3 is 20.0 Å². The first kappa shape index (κ1) is 19.2. The molecule has 1 atom stereocenters. The molecule has 1 aromatic rings. The molecule has 1 aromatic heterocycles. The lowest BCUT2D eigenvalue weighted by molar-refractivity contribution is -0.297. The maximum atomic E-state index is 12.2. The largest absolute Gasteiger partial charge is 0.545 e. The molecule has 2 rings (SSSR count). The van der Waals surface area contributed by atoms with E-state index < -0.39 is 17.8 Å². The molecule has 6 nitrogen and oxygen atoms in total. The maximum Gasteiger partial charge on any atom is 0.341 e. The Bertz CT molecular complexity index is 727. The lowest BCUT2D eigenvalue weighted by atomic mass is 9.72. The van der Waals surface area contributed by atoms with Crippen molar-refractivity contribution in [2.75, 3.05) is 12.4 Å². The first-order chi connectivity index (χ1) is 11.6. The highest BCUT2D eigenvalue weighted by Crippen LogP contribution is 2.44. The van der Waals surface area contributed by atoms with Gasteiger partial charge in [-0.15, -0.1) is 11.3 Å². The van der Waals surface area contributed by atoms with Gasteiger partial charge in [0, 0.05) is 11.0 Å². The van der Waals surface area contributed by atoms with Gasteiger partial charge in [-0.25, -0.2) is 4.79 Å². The molecule has 1 amide bonds. The molecule has 0 saturated carbocycles. The molecular formula is C18H22NO5S-. The number of anilines is 1. The summed E-state index contributed by atoms with van der Waals surface area (Å²) in [6, 6.07) is 0. The second-order valence-corrected chi connectivity index (χ2v) is 8.25. The number of nitrogens with one attached hydrogen (secondary N) is 1. The van der Waals surface area contributed by atoms with Gasteiger partial charge >= 0.3 is 5.97 Å². The van der Waals surface area contributed by atoms with Crippen molar-refractivity contribution in [3.63, 3.8) is 0 Å². The molecule has 136 valence electrons. The zero-order valence-electron chi connectivity index (χ0n) is 14.8. The molecule has 7 heteroatoms. The molecule has 0 fully saturated rings. The SMILES string of the molecule is COC(=O)c1c(NC(=O)/C=C/C(=O)[O-])sc2c1CC[C@H](C(C)(C)C)C2. The lowest BCUT2D eigenvalue weighted by Gasteiger charge is -2.33. The summed E-state index contributed by atoms with van der Waals surface area (Å²) in [5.74, 6) is -2.08. The fraction of sp³-hybridized carbons (Fsp3) is 0.500. The molecule has 0 saturated heterocycles. The number of aliphatic carboxylic acids is 1. The van der Waals surface area contributed by atoms with E-state index in [1.165, 1.54) is 18.4 Å². The number of carboxylic acid groups (broad SMARTS) is 1. The molecule has 0 radical (unpaired) electrons. The van der Waals surface area contributed by atoms with Crippen molar-refractivity contribution in [1.82, 2.24) is 0 Å². The normalized spacial score (nSPS) is 17.2. The van der Waals surface area contributed by atoms with Crippen molar-refractivity contribution in [3.8, 4) is 0 Å². The molecular weight excluding hydrogens is 342 g/mol. The summed E-state index contributed by atoms with van der Waals surface area (Å²) < 4.78 is 4.87. The van der Waals surface area contributed by atoms with Crippen LogP contribution in [0, 0.1) is 11.3 Å². The Morgan fingerprint density at radius 2 is 1.96 bits per heavy atom. The third kappa shape index (κ3) is 4.48. The van der Waals surface area contributed by atoms with Gasteiger partial charge in [0.1, 0.15) is 5.00 Å². The summed E-state index contributed by atoms with van der Waals surface area (Å²) in [7, 11) is 1.30. The number of hydrogen-bond donors (Lipinski definition) is 1. The van der Waals surface area contributed by atoms with E-state index in [0.29, 0.717) is 22.6 Å². The van der Waals surface area contributed by atoms with Gasteiger partial charge in [-0.1, -0.05) is 20.8 Å². The number of thiophene rings is 1. The van der Waals surface area contributed by atoms with Crippen molar-refractivity contribution < 1.29 is 24.2 Å². The van der Waals surface area contributed by atoms with Crippen molar-refractivity contribution >= 4 is 34.2 Å². The van der Waals surface area contributed by atoms with Gasteiger partial charge in [0.05, 0.1) is 18.6 Å². The van der Waals surface area contributed by atoms with Crippen LogP contribution in [0.15, 0.2) is 12.2 Å². The first-order valence-electron chi connectivity index (χ1n) is 8.06. The zero-order valence-corrected chi connectivity index (χ0v) is 15.6. The molecule has 0 bridgehead atoms. The van der Waals surface area contributed by atoms with Crippen molar-refractivity contribution in [2.45, 2.75) is 40.0 Å². The first-order valence-corrected chi connectivity index (χ1v) is 8.88. The van der Waals surface area contributed by atoms with Gasteiger partial charge in [0.25, 0.3) is 0 Å². The summed E-state index contributed by atoms with van der Waals surface area (Å²) in [5.41, 5.74) is 1.47. The van der Waals surface area contributed by atoms with E-state index in [9.17, 15) is 19.5 Å². The van der Waals surface area contributed by atoms with Crippen LogP contribution < -0.4 is 10.4 Å². The summed E-state index contributed by atoms with van der Waals surface area (Å²) >= 11 is 1.36. The number of esters is 1. The monoisotopic (exact) mass is 364 g/mol. The third-order valence-corrected chi connectivity index (χ3v) is 5.66. The van der Waals surface area contributed by atoms with Crippen LogP contribution in [-0.4, -0.2) is 25.0 Å². The Labute approximate surface area is 150 Å². The number of methoxy groups -OCH3 is 1. The Kier molecular flexibility index (Phi) is 5.67. The highest BCUT2D eigenvalue weighted by atomic mass is 32.1. The van der Waals surface area contributed by atoms with E-state index in [1.54, 1.807) is 0 Å². The Balaban J connectivity index is 2.34. The molecule has 1 heterocycles. The second-order valence-electron chi connectivity index (χ2n) is 7.15. The van der Waals surface area contributed by atoms with Crippen LogP contribution in [0.25, 0.3) is 0 Å². The molecule has 0 spiro atoms. The Hall–Kier alpha value is -2.15. The topological polar surface area (TPSA) is 95.5 Å². The fourth-order valence-electron chi connectivity index (χ4n) is 3.03. The quantitative estimate of drug-likeness (QED) is 0.651. The molecule has 0 aliphatic heterocycles. The van der Waals surface area contributed by atoms with E-state index in [4.69, 9.17) is 4.74 Å². The van der Waals surface area contributed by atoms with Crippen LogP contribution in [0.4, 0.5) is 5.00 Å². The predicted molar refractivity (Wildman–Crippen MR) is 93.4 cm³/mol. The number of carbonyl (C=O) groups excluding carboxylic acids is 3. The summed E-state index contributed by atoms with van der Waals surface area (Å²) in [6.45, 7) is 6.60. The number of carboxylic acids is 1. The van der Waals surface area contributed by atoms with Crippen molar-refractivity contribution in [2.24, 2.45) is 11.3 Å². The van der Waals surface area contributed by atoms with Gasteiger partial charge in [-0.2, -0.15) is 0 Å². The van der Waals surface area contributed by atoms with Gasteiger partial charge in [0.2, 0.25) is 5.91 Å². The third-order valence-electron chi connectivity index (χ3n) is 4.49. The minimum Gasteiger partial charge on any atom is -0.545 e. The van der Waals surface area contributed by atoms with Gasteiger partial charge in [-0.05, 0) is 42.2 Å². The fourth-order valence-corrected chi connectivity index (χ4v) is 4.35. The van der Waals surface area contributed by atoms with Crippen LogP contribution >= 0.6 is 11.3 Å². The molecule has 1 N–H and O–H groups in total. The number of fused-ring (bicyclic) bond motifs is 1. The van der Waals surface area contributed by atoms with Gasteiger partial charge in [0.15, 0.2) is 0 Å². The molecule has 0 aromatic carbocycles. The van der Waals surface area contributed by atoms with Crippen LogP contribution in [0.5, 0.6) is 0 Å². The Morgan fingerprint density at radius 3 is 2.52 bits per heavy atom. The van der Waals surface area contributed by atoms with Crippen molar-refractivity contribution in [3.05, 3.63) is 28.2 Å². The van der Waals surface area contributed by atoms with Crippen LogP contribution in [0.3, 0.4) is 0 Å². The smallest absolute Gasteiger partial charge is 0.341 e. The number of ether oxygens (including phenoxy) is 1. The van der Waals surface area contributed by atoms with E-state index in [2.05, 4.69) is 26.1 Å². The summed E-state index contributed by atoms with van der Waals surface area (Å²) in [5, 5.41) is 13.4. The minimum absolute atomic E-state index is 0.160. The van der Waals surface area contributed by atoms with Crippen LogP contribution in [0.2, 0.25) is 0 Å². The molecule has 25 heavy (non-hydrogen) atoms. The highest BCUT2D eigenvalue weighted by molar-refractivity contribution is 7.17. The minimum atomic E-state index is -1.46. The summed E-state index contributed by atoms with van der Waals surface area (Å²) in [4.78, 5) is 35.6. The number of carbonyl (C=O) groups is 3. The van der Waals surface area contributed by atoms with E-state index in [0.717, 1.165) is 35.8 Å². The standard InChI is InChI=1S/C18H23NO5S/c1-18(2,3)10-5-6-11-12(9-10)25-16(15(11)17(23)24-4)19-13(20)7-8-14(21)22/h7-8,10H,5-6,9H2,1-4H3,(H,19,20)(H,21,22)/p-1/b8-7+/t10-/m0/s1. The number of rotatable bonds is 4. The molecule has 0 unspecified atom stereocenters. The van der Waals surface area contributed by atoms with E-state index >= 15 is 0 Å². The Morgan fingerprint density at radius 1 is 1.28 bits per heavy atom.